The van der Waals surface area contributed by atoms with Gasteiger partial charge in [0, 0.05) is 23.9 Å². The number of hydrogen-bond acceptors (Lipinski definition) is 4. The molecule has 1 aromatic heterocycles. The first-order chi connectivity index (χ1) is 9.74. The monoisotopic (exact) mass is 269 g/mol. The molecule has 3 N–H and O–H groups in total. The summed E-state index contributed by atoms with van der Waals surface area (Å²) in [7, 11) is 0. The molecule has 0 aliphatic carbocycles. The van der Waals surface area contributed by atoms with E-state index in [0.717, 1.165) is 17.7 Å². The molecule has 1 aliphatic heterocycles. The highest BCUT2D eigenvalue weighted by Crippen LogP contribution is 2.31. The molecule has 1 amide bonds. The third kappa shape index (κ3) is 2.42. The first kappa shape index (κ1) is 12.5. The Labute approximate surface area is 116 Å². The second kappa shape index (κ2) is 5.21. The molecular formula is C15H15N3O2. The SMILES string of the molecule is Nc1ccnc(C(=O)NC2CCOc3ccccc32)c1. The smallest absolute Gasteiger partial charge is 0.270 e. The van der Waals surface area contributed by atoms with E-state index in [0.29, 0.717) is 18.0 Å². The van der Waals surface area contributed by atoms with Crippen molar-refractivity contribution in [3.05, 3.63) is 53.9 Å². The van der Waals surface area contributed by atoms with E-state index < -0.39 is 0 Å². The van der Waals surface area contributed by atoms with E-state index in [4.69, 9.17) is 10.5 Å². The minimum Gasteiger partial charge on any atom is -0.493 e. The van der Waals surface area contributed by atoms with E-state index in [-0.39, 0.29) is 11.9 Å². The van der Waals surface area contributed by atoms with Crippen molar-refractivity contribution in [1.82, 2.24) is 10.3 Å². The minimum atomic E-state index is -0.223. The number of nitrogens with two attached hydrogens (primary N) is 1. The first-order valence-electron chi connectivity index (χ1n) is 6.48. The fraction of sp³-hybridized carbons (Fsp3) is 0.200. The van der Waals surface area contributed by atoms with Crippen molar-refractivity contribution in [3.63, 3.8) is 0 Å². The average molecular weight is 269 g/mol. The van der Waals surface area contributed by atoms with Gasteiger partial charge in [-0.05, 0) is 18.2 Å². The highest BCUT2D eigenvalue weighted by molar-refractivity contribution is 5.93. The van der Waals surface area contributed by atoms with E-state index in [2.05, 4.69) is 10.3 Å². The molecule has 0 radical (unpaired) electrons. The van der Waals surface area contributed by atoms with E-state index in [1.807, 2.05) is 24.3 Å². The molecule has 1 aliphatic rings. The van der Waals surface area contributed by atoms with Gasteiger partial charge in [-0.25, -0.2) is 0 Å². The zero-order valence-corrected chi connectivity index (χ0v) is 10.9. The Bertz CT molecular complexity index is 643. The summed E-state index contributed by atoms with van der Waals surface area (Å²) in [5.74, 6) is 0.601. The maximum absolute atomic E-state index is 12.2. The van der Waals surface area contributed by atoms with Gasteiger partial charge in [-0.2, -0.15) is 0 Å². The van der Waals surface area contributed by atoms with Gasteiger partial charge in [0.15, 0.2) is 0 Å². The summed E-state index contributed by atoms with van der Waals surface area (Å²) >= 11 is 0. The number of nitrogens with zero attached hydrogens (tertiary/aromatic N) is 1. The average Bonchev–Trinajstić information content (AvgIpc) is 2.47. The van der Waals surface area contributed by atoms with Crippen molar-refractivity contribution in [3.8, 4) is 5.75 Å². The zero-order valence-electron chi connectivity index (χ0n) is 10.9. The topological polar surface area (TPSA) is 77.2 Å². The number of anilines is 1. The summed E-state index contributed by atoms with van der Waals surface area (Å²) in [6, 6.07) is 10.9. The molecule has 0 bridgehead atoms. The Morgan fingerprint density at radius 1 is 1.35 bits per heavy atom. The van der Waals surface area contributed by atoms with Crippen molar-refractivity contribution in [2.45, 2.75) is 12.5 Å². The van der Waals surface area contributed by atoms with Crippen LogP contribution in [0.2, 0.25) is 0 Å². The molecule has 2 heterocycles. The second-order valence-electron chi connectivity index (χ2n) is 4.68. The molecule has 2 aromatic rings. The second-order valence-corrected chi connectivity index (χ2v) is 4.68. The van der Waals surface area contributed by atoms with E-state index in [1.165, 1.54) is 6.20 Å². The van der Waals surface area contributed by atoms with Gasteiger partial charge < -0.3 is 15.8 Å². The molecule has 102 valence electrons. The lowest BCUT2D eigenvalue weighted by molar-refractivity contribution is 0.0920. The Morgan fingerprint density at radius 3 is 3.05 bits per heavy atom. The van der Waals surface area contributed by atoms with Crippen molar-refractivity contribution in [2.24, 2.45) is 0 Å². The number of nitrogens with one attached hydrogen (secondary N) is 1. The van der Waals surface area contributed by atoms with Crippen molar-refractivity contribution in [1.29, 1.82) is 0 Å². The molecule has 5 heteroatoms. The van der Waals surface area contributed by atoms with Crippen LogP contribution in [0.15, 0.2) is 42.6 Å². The van der Waals surface area contributed by atoms with E-state index in [1.54, 1.807) is 12.1 Å². The molecule has 5 nitrogen and oxygen atoms in total. The number of carbonyl (C=O) groups excluding carboxylic acids is 1. The Morgan fingerprint density at radius 2 is 2.20 bits per heavy atom. The lowest BCUT2D eigenvalue weighted by Gasteiger charge is -2.26. The molecule has 0 spiro atoms. The largest absolute Gasteiger partial charge is 0.493 e. The molecule has 0 fully saturated rings. The highest BCUT2D eigenvalue weighted by Gasteiger charge is 2.23. The molecule has 0 saturated carbocycles. The Hall–Kier alpha value is -2.56. The quantitative estimate of drug-likeness (QED) is 0.873. The fourth-order valence-corrected chi connectivity index (χ4v) is 2.30. The summed E-state index contributed by atoms with van der Waals surface area (Å²) in [6.07, 6.45) is 2.27. The molecule has 1 atom stereocenters. The summed E-state index contributed by atoms with van der Waals surface area (Å²) in [5, 5.41) is 2.98. The van der Waals surface area contributed by atoms with Crippen LogP contribution in [0.1, 0.15) is 28.5 Å². The normalized spacial score (nSPS) is 16.9. The Kier molecular flexibility index (Phi) is 3.25. The molecule has 20 heavy (non-hydrogen) atoms. The van der Waals surface area contributed by atoms with Crippen LogP contribution in [0.3, 0.4) is 0 Å². The first-order valence-corrected chi connectivity index (χ1v) is 6.48. The summed E-state index contributed by atoms with van der Waals surface area (Å²) < 4.78 is 5.57. The maximum atomic E-state index is 12.2. The van der Waals surface area contributed by atoms with Crippen LogP contribution in [0.5, 0.6) is 5.75 Å². The number of pyridine rings is 1. The van der Waals surface area contributed by atoms with E-state index >= 15 is 0 Å². The van der Waals surface area contributed by atoms with Gasteiger partial charge in [-0.3, -0.25) is 9.78 Å². The highest BCUT2D eigenvalue weighted by atomic mass is 16.5. The van der Waals surface area contributed by atoms with Crippen LogP contribution in [-0.2, 0) is 0 Å². The van der Waals surface area contributed by atoms with Gasteiger partial charge in [-0.15, -0.1) is 0 Å². The number of para-hydroxylation sites is 1. The van der Waals surface area contributed by atoms with Crippen LogP contribution < -0.4 is 15.8 Å². The van der Waals surface area contributed by atoms with E-state index in [9.17, 15) is 4.79 Å². The van der Waals surface area contributed by atoms with Crippen molar-refractivity contribution < 1.29 is 9.53 Å². The third-order valence-corrected chi connectivity index (χ3v) is 3.28. The predicted molar refractivity (Wildman–Crippen MR) is 75.4 cm³/mol. The predicted octanol–water partition coefficient (Wildman–Crippen LogP) is 1.92. The summed E-state index contributed by atoms with van der Waals surface area (Å²) in [6.45, 7) is 0.590. The van der Waals surface area contributed by atoms with Crippen LogP contribution in [0.4, 0.5) is 5.69 Å². The van der Waals surface area contributed by atoms with Gasteiger partial charge in [0.1, 0.15) is 11.4 Å². The number of carbonyl (C=O) groups is 1. The Balaban J connectivity index is 1.81. The van der Waals surface area contributed by atoms with Crippen LogP contribution in [0, 0.1) is 0 Å². The fourth-order valence-electron chi connectivity index (χ4n) is 2.30. The standard InChI is InChI=1S/C15H15N3O2/c16-10-5-7-17-13(9-10)15(19)18-12-6-8-20-14-4-2-1-3-11(12)14/h1-5,7,9,12H,6,8H2,(H2,16,17)(H,18,19). The lowest BCUT2D eigenvalue weighted by Crippen LogP contribution is -2.32. The van der Waals surface area contributed by atoms with Crippen LogP contribution >= 0.6 is 0 Å². The lowest BCUT2D eigenvalue weighted by atomic mass is 10.0. The molecule has 3 rings (SSSR count). The molecule has 1 unspecified atom stereocenters. The summed E-state index contributed by atoms with van der Waals surface area (Å²) in [5.41, 5.74) is 7.52. The molecular weight excluding hydrogens is 254 g/mol. The number of benzene rings is 1. The third-order valence-electron chi connectivity index (χ3n) is 3.28. The molecule has 1 aromatic carbocycles. The maximum Gasteiger partial charge on any atom is 0.270 e. The number of nitrogen functional groups attached to an aromatic ring is 1. The van der Waals surface area contributed by atoms with Crippen molar-refractivity contribution in [2.75, 3.05) is 12.3 Å². The number of ether oxygens (including phenoxy) is 1. The van der Waals surface area contributed by atoms with Gasteiger partial charge in [-0.1, -0.05) is 18.2 Å². The van der Waals surface area contributed by atoms with Crippen LogP contribution in [-0.4, -0.2) is 17.5 Å². The van der Waals surface area contributed by atoms with Gasteiger partial charge in [0.2, 0.25) is 0 Å². The van der Waals surface area contributed by atoms with Crippen molar-refractivity contribution >= 4 is 11.6 Å². The number of hydrogen-bond donors (Lipinski definition) is 2. The van der Waals surface area contributed by atoms with Gasteiger partial charge >= 0.3 is 0 Å². The summed E-state index contributed by atoms with van der Waals surface area (Å²) in [4.78, 5) is 16.2. The van der Waals surface area contributed by atoms with Gasteiger partial charge in [0.25, 0.3) is 5.91 Å². The zero-order chi connectivity index (χ0) is 13.9. The van der Waals surface area contributed by atoms with Gasteiger partial charge in [0.05, 0.1) is 12.6 Å². The minimum absolute atomic E-state index is 0.0596. The number of aromatic nitrogens is 1. The molecule has 0 saturated heterocycles. The van der Waals surface area contributed by atoms with Crippen LogP contribution in [0.25, 0.3) is 0 Å². The number of rotatable bonds is 2. The number of amides is 1. The number of fused-ring (bicyclic) bond motifs is 1.